The quantitative estimate of drug-likeness (QED) is 0.754. The molecule has 0 bridgehead atoms. The van der Waals surface area contributed by atoms with Gasteiger partial charge in [0.1, 0.15) is 11.9 Å². The van der Waals surface area contributed by atoms with E-state index in [1.165, 1.54) is 0 Å². The summed E-state index contributed by atoms with van der Waals surface area (Å²) in [4.78, 5) is 16.5. The first-order valence-electron chi connectivity index (χ1n) is 7.53. The fourth-order valence-electron chi connectivity index (χ4n) is 2.39. The molecule has 0 aromatic carbocycles. The van der Waals surface area contributed by atoms with Gasteiger partial charge in [-0.1, -0.05) is 13.8 Å². The van der Waals surface area contributed by atoms with Gasteiger partial charge in [-0.05, 0) is 18.9 Å². The molecule has 6 heteroatoms. The zero-order valence-corrected chi connectivity index (χ0v) is 12.7. The average Bonchev–Trinajstić information content (AvgIpc) is 3.15. The Morgan fingerprint density at radius 3 is 2.86 bits per heavy atom. The predicted molar refractivity (Wildman–Crippen MR) is 80.8 cm³/mol. The second kappa shape index (κ2) is 7.61. The summed E-state index contributed by atoms with van der Waals surface area (Å²) in [5.41, 5.74) is 0. The van der Waals surface area contributed by atoms with Gasteiger partial charge in [-0.25, -0.2) is 4.98 Å². The smallest absolute Gasteiger partial charge is 0.244 e. The Kier molecular flexibility index (Phi) is 5.54. The van der Waals surface area contributed by atoms with Crippen LogP contribution in [-0.2, 0) is 17.8 Å². The Balaban J connectivity index is 1.76. The highest BCUT2D eigenvalue weighted by atomic mass is 16.2. The van der Waals surface area contributed by atoms with Gasteiger partial charge in [0.15, 0.2) is 0 Å². The molecule has 1 N–H and O–H groups in total. The fraction of sp³-hybridized carbons (Fsp3) is 0.533. The van der Waals surface area contributed by atoms with Crippen LogP contribution in [0, 0.1) is 0 Å². The van der Waals surface area contributed by atoms with Crippen LogP contribution in [0.2, 0.25) is 0 Å². The van der Waals surface area contributed by atoms with Crippen LogP contribution in [0.3, 0.4) is 0 Å². The SMILES string of the molecule is CCc1nccn1CCCNC(=O)[C@H](CC)n1cccn1. The maximum atomic E-state index is 12.2. The Morgan fingerprint density at radius 2 is 2.19 bits per heavy atom. The van der Waals surface area contributed by atoms with E-state index in [0.717, 1.165) is 31.6 Å². The van der Waals surface area contributed by atoms with Gasteiger partial charge in [0, 0.05) is 44.3 Å². The van der Waals surface area contributed by atoms with Crippen molar-refractivity contribution in [2.24, 2.45) is 0 Å². The molecular formula is C15H23N5O. The molecule has 2 heterocycles. The normalized spacial score (nSPS) is 12.3. The van der Waals surface area contributed by atoms with Gasteiger partial charge in [-0.3, -0.25) is 9.48 Å². The second-order valence-corrected chi connectivity index (χ2v) is 4.95. The zero-order valence-electron chi connectivity index (χ0n) is 12.7. The molecule has 0 radical (unpaired) electrons. The highest BCUT2D eigenvalue weighted by molar-refractivity contribution is 5.80. The minimum absolute atomic E-state index is 0.0301. The number of nitrogens with zero attached hydrogens (tertiary/aromatic N) is 4. The standard InChI is InChI=1S/C15H23N5O/c1-3-13(20-11-6-8-18-20)15(21)17-7-5-10-19-12-9-16-14(19)4-2/h6,8-9,11-13H,3-5,7,10H2,1-2H3,(H,17,21)/t13-/m0/s1. The van der Waals surface area contributed by atoms with Crippen molar-refractivity contribution in [3.63, 3.8) is 0 Å². The Bertz CT molecular complexity index is 546. The zero-order chi connectivity index (χ0) is 15.1. The lowest BCUT2D eigenvalue weighted by Gasteiger charge is -2.15. The largest absolute Gasteiger partial charge is 0.354 e. The molecule has 0 spiro atoms. The van der Waals surface area contributed by atoms with Crippen molar-refractivity contribution in [1.82, 2.24) is 24.6 Å². The molecule has 21 heavy (non-hydrogen) atoms. The van der Waals surface area contributed by atoms with Crippen molar-refractivity contribution in [1.29, 1.82) is 0 Å². The number of imidazole rings is 1. The molecular weight excluding hydrogens is 266 g/mol. The summed E-state index contributed by atoms with van der Waals surface area (Å²) < 4.78 is 3.84. The van der Waals surface area contributed by atoms with Gasteiger partial charge in [0.25, 0.3) is 0 Å². The molecule has 1 atom stereocenters. The molecule has 2 aromatic heterocycles. The predicted octanol–water partition coefficient (Wildman–Crippen LogP) is 1.80. The Morgan fingerprint density at radius 1 is 1.33 bits per heavy atom. The molecule has 0 aliphatic heterocycles. The van der Waals surface area contributed by atoms with Crippen molar-refractivity contribution >= 4 is 5.91 Å². The lowest BCUT2D eigenvalue weighted by Crippen LogP contribution is -2.33. The van der Waals surface area contributed by atoms with Crippen molar-refractivity contribution in [2.75, 3.05) is 6.54 Å². The molecule has 0 unspecified atom stereocenters. The second-order valence-electron chi connectivity index (χ2n) is 4.95. The highest BCUT2D eigenvalue weighted by Gasteiger charge is 2.17. The van der Waals surface area contributed by atoms with Gasteiger partial charge >= 0.3 is 0 Å². The minimum atomic E-state index is -0.223. The van der Waals surface area contributed by atoms with Gasteiger partial charge in [0.2, 0.25) is 5.91 Å². The first-order chi connectivity index (χ1) is 10.3. The van der Waals surface area contributed by atoms with Crippen LogP contribution in [0.15, 0.2) is 30.9 Å². The number of carbonyl (C=O) groups is 1. The van der Waals surface area contributed by atoms with Crippen LogP contribution in [0.4, 0.5) is 0 Å². The van der Waals surface area contributed by atoms with Gasteiger partial charge in [-0.2, -0.15) is 5.10 Å². The number of nitrogens with one attached hydrogen (secondary N) is 1. The van der Waals surface area contributed by atoms with Crippen LogP contribution in [-0.4, -0.2) is 31.8 Å². The monoisotopic (exact) mass is 289 g/mol. The summed E-state index contributed by atoms with van der Waals surface area (Å²) >= 11 is 0. The number of hydrogen-bond donors (Lipinski definition) is 1. The highest BCUT2D eigenvalue weighted by Crippen LogP contribution is 2.09. The topological polar surface area (TPSA) is 64.7 Å². The van der Waals surface area contributed by atoms with E-state index >= 15 is 0 Å². The van der Waals surface area contributed by atoms with Gasteiger partial charge in [0.05, 0.1) is 0 Å². The molecule has 0 aliphatic rings. The first kappa shape index (κ1) is 15.3. The van der Waals surface area contributed by atoms with Crippen molar-refractivity contribution < 1.29 is 4.79 Å². The molecule has 0 fully saturated rings. The molecule has 2 aromatic rings. The summed E-state index contributed by atoms with van der Waals surface area (Å²) in [5, 5.41) is 7.13. The lowest BCUT2D eigenvalue weighted by atomic mass is 10.2. The molecule has 0 saturated carbocycles. The van der Waals surface area contributed by atoms with E-state index in [9.17, 15) is 4.79 Å². The van der Waals surface area contributed by atoms with Gasteiger partial charge < -0.3 is 9.88 Å². The van der Waals surface area contributed by atoms with E-state index < -0.39 is 0 Å². The Labute approximate surface area is 125 Å². The summed E-state index contributed by atoms with van der Waals surface area (Å²) in [6.07, 6.45) is 9.88. The molecule has 2 rings (SSSR count). The number of amides is 1. The van der Waals surface area contributed by atoms with E-state index in [1.54, 1.807) is 10.9 Å². The summed E-state index contributed by atoms with van der Waals surface area (Å²) in [6.45, 7) is 5.63. The number of aryl methyl sites for hydroxylation is 2. The average molecular weight is 289 g/mol. The molecule has 0 aliphatic carbocycles. The number of rotatable bonds is 8. The van der Waals surface area contributed by atoms with E-state index in [2.05, 4.69) is 26.9 Å². The van der Waals surface area contributed by atoms with Crippen LogP contribution in [0.1, 0.15) is 38.6 Å². The van der Waals surface area contributed by atoms with Crippen molar-refractivity contribution in [3.8, 4) is 0 Å². The van der Waals surface area contributed by atoms with Crippen molar-refractivity contribution in [2.45, 2.75) is 45.7 Å². The van der Waals surface area contributed by atoms with Crippen LogP contribution < -0.4 is 5.32 Å². The van der Waals surface area contributed by atoms with E-state index in [1.807, 2.05) is 31.6 Å². The molecule has 6 nitrogen and oxygen atoms in total. The summed E-state index contributed by atoms with van der Waals surface area (Å²) in [5.74, 6) is 1.12. The third kappa shape index (κ3) is 3.93. The van der Waals surface area contributed by atoms with E-state index in [0.29, 0.717) is 6.54 Å². The summed E-state index contributed by atoms with van der Waals surface area (Å²) in [7, 11) is 0. The third-order valence-corrected chi connectivity index (χ3v) is 3.53. The number of aromatic nitrogens is 4. The van der Waals surface area contributed by atoms with Crippen LogP contribution >= 0.6 is 0 Å². The van der Waals surface area contributed by atoms with Crippen LogP contribution in [0.5, 0.6) is 0 Å². The molecule has 1 amide bonds. The minimum Gasteiger partial charge on any atom is -0.354 e. The molecule has 0 saturated heterocycles. The first-order valence-corrected chi connectivity index (χ1v) is 7.53. The maximum Gasteiger partial charge on any atom is 0.244 e. The number of hydrogen-bond acceptors (Lipinski definition) is 3. The summed E-state index contributed by atoms with van der Waals surface area (Å²) in [6, 6.07) is 1.61. The van der Waals surface area contributed by atoms with Crippen LogP contribution in [0.25, 0.3) is 0 Å². The van der Waals surface area contributed by atoms with Crippen molar-refractivity contribution in [3.05, 3.63) is 36.7 Å². The number of carbonyl (C=O) groups excluding carboxylic acids is 1. The van der Waals surface area contributed by atoms with Gasteiger partial charge in [-0.15, -0.1) is 0 Å². The molecule has 114 valence electrons. The lowest BCUT2D eigenvalue weighted by molar-refractivity contribution is -0.124. The van der Waals surface area contributed by atoms with E-state index in [-0.39, 0.29) is 11.9 Å². The third-order valence-electron chi connectivity index (χ3n) is 3.53. The Hall–Kier alpha value is -2.11. The van der Waals surface area contributed by atoms with E-state index in [4.69, 9.17) is 0 Å². The maximum absolute atomic E-state index is 12.2. The fourth-order valence-corrected chi connectivity index (χ4v) is 2.39.